The molecule has 1 amide bonds. The topological polar surface area (TPSA) is 158 Å². The van der Waals surface area contributed by atoms with Gasteiger partial charge in [0.25, 0.3) is 6.02 Å². The number of likely N-dealkylation sites (N-methyl/N-ethyl adjacent to an activating group) is 1. The third kappa shape index (κ3) is 9.10. The lowest BCUT2D eigenvalue weighted by molar-refractivity contribution is -0.313. The fraction of sp³-hybridized carbons (Fsp3) is 0.917. The SMILES string of the molecule is CO[C@]1(C)C[C@H](OC2[C@@H](C)C(=O)OCCC(=O)N(C)C[C@H](C)C[C@@](C)(O)[C@H](OC3O[C@H](C)C[C@H]4[C@H]3OC(=NC(C)C)N4C)[C@H]2C)O[C@@H](C)[C@@H]1O. The maximum atomic E-state index is 13.6. The number of aliphatic hydroxyl groups excluding tert-OH is 1. The van der Waals surface area contributed by atoms with E-state index >= 15 is 0 Å². The molecule has 0 bridgehead atoms. The molecule has 0 spiro atoms. The van der Waals surface area contributed by atoms with Gasteiger partial charge in [0.2, 0.25) is 5.91 Å². The largest absolute Gasteiger partial charge is 0.465 e. The number of fused-ring (bicyclic) bond motifs is 1. The molecular weight excluding hydrogens is 650 g/mol. The number of cyclic esters (lactones) is 1. The van der Waals surface area contributed by atoms with Gasteiger partial charge in [-0.25, -0.2) is 4.99 Å². The zero-order chi connectivity index (χ0) is 37.3. The summed E-state index contributed by atoms with van der Waals surface area (Å²) >= 11 is 0. The summed E-state index contributed by atoms with van der Waals surface area (Å²) in [4.78, 5) is 34.9. The third-order valence-corrected chi connectivity index (χ3v) is 10.9. The lowest BCUT2D eigenvalue weighted by Gasteiger charge is -2.48. The van der Waals surface area contributed by atoms with Crippen LogP contribution >= 0.6 is 0 Å². The molecule has 4 aliphatic rings. The molecular formula is C36H63N3O11. The van der Waals surface area contributed by atoms with Crippen molar-refractivity contribution in [1.29, 1.82) is 0 Å². The van der Waals surface area contributed by atoms with Gasteiger partial charge in [0.05, 0.1) is 54.0 Å². The molecule has 4 saturated heterocycles. The lowest BCUT2D eigenvalue weighted by atomic mass is 9.77. The Bertz CT molecular complexity index is 1200. The number of rotatable bonds is 6. The highest BCUT2D eigenvalue weighted by atomic mass is 16.7. The van der Waals surface area contributed by atoms with Crippen LogP contribution in [0, 0.1) is 17.8 Å². The van der Waals surface area contributed by atoms with Crippen LogP contribution in [0.3, 0.4) is 0 Å². The number of hydrogen-bond acceptors (Lipinski definition) is 12. The minimum Gasteiger partial charge on any atom is -0.465 e. The van der Waals surface area contributed by atoms with Crippen LogP contribution in [0.4, 0.5) is 0 Å². The number of methoxy groups -OCH3 is 1. The van der Waals surface area contributed by atoms with Crippen molar-refractivity contribution in [2.45, 2.75) is 160 Å². The first-order valence-corrected chi connectivity index (χ1v) is 18.2. The second-order valence-electron chi connectivity index (χ2n) is 15.9. The number of carbonyl (C=O) groups excluding carboxylic acids is 2. The number of aliphatic hydroxyl groups is 2. The van der Waals surface area contributed by atoms with E-state index in [2.05, 4.69) is 4.99 Å². The van der Waals surface area contributed by atoms with Crippen LogP contribution in [0.5, 0.6) is 0 Å². The van der Waals surface area contributed by atoms with E-state index in [0.717, 1.165) is 0 Å². The van der Waals surface area contributed by atoms with E-state index in [0.29, 0.717) is 19.0 Å². The highest BCUT2D eigenvalue weighted by Gasteiger charge is 2.54. The fourth-order valence-corrected chi connectivity index (χ4v) is 8.10. The number of amides is 1. The van der Waals surface area contributed by atoms with Crippen LogP contribution in [-0.4, -0.2) is 145 Å². The minimum absolute atomic E-state index is 0.0158. The van der Waals surface area contributed by atoms with E-state index in [1.807, 2.05) is 46.6 Å². The van der Waals surface area contributed by atoms with Crippen molar-refractivity contribution in [2.75, 3.05) is 34.4 Å². The fourth-order valence-electron chi connectivity index (χ4n) is 8.10. The van der Waals surface area contributed by atoms with Gasteiger partial charge in [-0.15, -0.1) is 0 Å². The number of esters is 1. The first-order chi connectivity index (χ1) is 23.3. The average Bonchev–Trinajstić information content (AvgIpc) is 3.33. The molecule has 0 aromatic rings. The Balaban J connectivity index is 1.75. The van der Waals surface area contributed by atoms with Gasteiger partial charge >= 0.3 is 5.97 Å². The van der Waals surface area contributed by atoms with Crippen LogP contribution in [0.15, 0.2) is 4.99 Å². The monoisotopic (exact) mass is 713 g/mol. The van der Waals surface area contributed by atoms with Gasteiger partial charge in [-0.3, -0.25) is 9.59 Å². The van der Waals surface area contributed by atoms with Gasteiger partial charge in [0.15, 0.2) is 18.7 Å². The van der Waals surface area contributed by atoms with Gasteiger partial charge in [-0.1, -0.05) is 13.8 Å². The average molecular weight is 714 g/mol. The van der Waals surface area contributed by atoms with E-state index < -0.39 is 72.1 Å². The standard InChI is InChI=1S/C36H63N3O11/c1-19(2)37-34-39(11)25-15-21(4)46-33(29(25)49-34)50-31-22(5)28(48-27-17-36(9,44-12)30(41)24(7)47-27)23(6)32(42)45-14-13-26(40)38(10)18-20(3)16-35(31,8)43/h19-25,27-31,33,41,43H,13-18H2,1-12H3/t20-,21-,22+,23-,24+,25+,27+,28?,29-,30+,31-,33?,35-,36-/m1/s1. The van der Waals surface area contributed by atoms with Gasteiger partial charge in [-0.05, 0) is 67.2 Å². The minimum atomic E-state index is -1.49. The Morgan fingerprint density at radius 2 is 1.70 bits per heavy atom. The number of aliphatic imine (C=N–C) groups is 1. The molecule has 0 aromatic heterocycles. The van der Waals surface area contributed by atoms with Crippen molar-refractivity contribution >= 4 is 17.9 Å². The van der Waals surface area contributed by atoms with Crippen molar-refractivity contribution in [3.8, 4) is 0 Å². The normalized spacial score (nSPS) is 44.9. The van der Waals surface area contributed by atoms with Gasteiger partial charge < -0.3 is 53.2 Å². The summed E-state index contributed by atoms with van der Waals surface area (Å²) in [7, 11) is 5.19. The molecule has 0 radical (unpaired) electrons. The van der Waals surface area contributed by atoms with Gasteiger partial charge in [0.1, 0.15) is 12.7 Å². The summed E-state index contributed by atoms with van der Waals surface area (Å²) in [6.07, 6.45) is -4.65. The van der Waals surface area contributed by atoms with E-state index in [4.69, 9.17) is 33.2 Å². The van der Waals surface area contributed by atoms with Crippen molar-refractivity contribution in [2.24, 2.45) is 22.7 Å². The second kappa shape index (κ2) is 16.3. The molecule has 50 heavy (non-hydrogen) atoms. The number of nitrogens with zero attached hydrogens (tertiary/aromatic N) is 3. The van der Waals surface area contributed by atoms with E-state index in [9.17, 15) is 19.8 Å². The predicted octanol–water partition coefficient (Wildman–Crippen LogP) is 2.71. The van der Waals surface area contributed by atoms with Crippen molar-refractivity contribution < 1.29 is 53.0 Å². The Morgan fingerprint density at radius 1 is 1.02 bits per heavy atom. The quantitative estimate of drug-likeness (QED) is 0.389. The van der Waals surface area contributed by atoms with Crippen LogP contribution in [-0.2, 0) is 42.7 Å². The van der Waals surface area contributed by atoms with E-state index in [1.54, 1.807) is 39.6 Å². The van der Waals surface area contributed by atoms with Crippen LogP contribution in [0.25, 0.3) is 0 Å². The summed E-state index contributed by atoms with van der Waals surface area (Å²) in [6, 6.07) is 0.454. The maximum Gasteiger partial charge on any atom is 0.311 e. The number of amidine groups is 1. The molecule has 4 fully saturated rings. The molecule has 2 unspecified atom stereocenters. The first kappa shape index (κ1) is 40.7. The van der Waals surface area contributed by atoms with Gasteiger partial charge in [-0.2, -0.15) is 0 Å². The Morgan fingerprint density at radius 3 is 2.34 bits per heavy atom. The molecule has 288 valence electrons. The van der Waals surface area contributed by atoms with E-state index in [-0.39, 0.29) is 55.9 Å². The summed E-state index contributed by atoms with van der Waals surface area (Å²) < 4.78 is 43.9. The molecule has 2 N–H and O–H groups in total. The molecule has 4 heterocycles. The molecule has 0 aromatic carbocycles. The molecule has 14 nitrogen and oxygen atoms in total. The number of ether oxygens (including phenoxy) is 7. The zero-order valence-electron chi connectivity index (χ0n) is 32.2. The highest BCUT2D eigenvalue weighted by Crippen LogP contribution is 2.40. The molecule has 4 aliphatic heterocycles. The maximum absolute atomic E-state index is 13.6. The molecule has 0 saturated carbocycles. The first-order valence-electron chi connectivity index (χ1n) is 18.2. The Kier molecular flexibility index (Phi) is 13.3. The van der Waals surface area contributed by atoms with Crippen molar-refractivity contribution in [1.82, 2.24) is 9.80 Å². The number of carbonyl (C=O) groups is 2. The van der Waals surface area contributed by atoms with Crippen LogP contribution < -0.4 is 0 Å². The van der Waals surface area contributed by atoms with Crippen LogP contribution in [0.2, 0.25) is 0 Å². The molecule has 14 atom stereocenters. The third-order valence-electron chi connectivity index (χ3n) is 10.9. The summed E-state index contributed by atoms with van der Waals surface area (Å²) in [5, 5.41) is 23.3. The molecule has 0 aliphatic carbocycles. The second-order valence-corrected chi connectivity index (χ2v) is 15.9. The van der Waals surface area contributed by atoms with Gasteiger partial charge in [0, 0.05) is 46.1 Å². The van der Waals surface area contributed by atoms with Crippen LogP contribution in [0.1, 0.15) is 88.0 Å². The molecule has 14 heteroatoms. The summed E-state index contributed by atoms with van der Waals surface area (Å²) in [5.74, 6) is -2.34. The van der Waals surface area contributed by atoms with Crippen molar-refractivity contribution in [3.05, 3.63) is 0 Å². The highest BCUT2D eigenvalue weighted by molar-refractivity contribution is 5.77. The Labute approximate surface area is 298 Å². The summed E-state index contributed by atoms with van der Waals surface area (Å²) in [6.45, 7) is 17.1. The zero-order valence-corrected chi connectivity index (χ0v) is 32.2. The Hall–Kier alpha value is -2.07. The van der Waals surface area contributed by atoms with E-state index in [1.165, 1.54) is 7.11 Å². The number of hydrogen-bond donors (Lipinski definition) is 2. The van der Waals surface area contributed by atoms with Crippen molar-refractivity contribution in [3.63, 3.8) is 0 Å². The predicted molar refractivity (Wildman–Crippen MR) is 184 cm³/mol. The molecule has 4 rings (SSSR count). The smallest absolute Gasteiger partial charge is 0.311 e. The lowest BCUT2D eigenvalue weighted by Crippen LogP contribution is -2.59. The summed E-state index contributed by atoms with van der Waals surface area (Å²) in [5.41, 5.74) is -2.46.